The van der Waals surface area contributed by atoms with Crippen molar-refractivity contribution in [2.24, 2.45) is 5.92 Å². The van der Waals surface area contributed by atoms with E-state index in [0.717, 1.165) is 6.54 Å². The molecule has 0 saturated carbocycles. The predicted octanol–water partition coefficient (Wildman–Crippen LogP) is 3.21. The topological polar surface area (TPSA) is 74.8 Å². The molecule has 1 saturated heterocycles. The second kappa shape index (κ2) is 8.53. The minimum atomic E-state index is -0.196. The third-order valence-corrected chi connectivity index (χ3v) is 4.53. The Labute approximate surface area is 158 Å². The molecule has 0 radical (unpaired) electrons. The molecule has 3 rings (SSSR count). The molecule has 1 atom stereocenters. The van der Waals surface area contributed by atoms with Gasteiger partial charge >= 0.3 is 6.03 Å². The highest BCUT2D eigenvalue weighted by Crippen LogP contribution is 2.22. The van der Waals surface area contributed by atoms with E-state index in [1.807, 2.05) is 17.9 Å². The number of amides is 3. The van der Waals surface area contributed by atoms with Crippen LogP contribution < -0.4 is 10.1 Å². The molecular formula is C20H24N4O3. The maximum Gasteiger partial charge on any atom is 0.321 e. The zero-order valence-corrected chi connectivity index (χ0v) is 15.6. The highest BCUT2D eigenvalue weighted by molar-refractivity contribution is 5.89. The summed E-state index contributed by atoms with van der Waals surface area (Å²) < 4.78 is 5.68. The fourth-order valence-corrected chi connectivity index (χ4v) is 3.12. The number of nitrogens with one attached hydrogen (secondary N) is 1. The standard InChI is InChI=1S/C20H24N4O3/c1-3-24-14-15(11-19(24)25)13-23(2)20(26)22-16-6-8-17(9-7-16)27-18-5-4-10-21-12-18/h4-10,12,15H,3,11,13-14H2,1-2H3,(H,22,26)/t15-/m1/s1. The molecular weight excluding hydrogens is 344 g/mol. The van der Waals surface area contributed by atoms with E-state index in [1.165, 1.54) is 0 Å². The Morgan fingerprint density at radius 2 is 2.07 bits per heavy atom. The number of pyridine rings is 1. The predicted molar refractivity (Wildman–Crippen MR) is 103 cm³/mol. The summed E-state index contributed by atoms with van der Waals surface area (Å²) >= 11 is 0. The first kappa shape index (κ1) is 18.7. The van der Waals surface area contributed by atoms with E-state index < -0.39 is 0 Å². The maximum atomic E-state index is 12.4. The molecule has 3 amide bonds. The van der Waals surface area contributed by atoms with E-state index >= 15 is 0 Å². The number of nitrogens with zero attached hydrogens (tertiary/aromatic N) is 3. The van der Waals surface area contributed by atoms with Crippen LogP contribution in [0.15, 0.2) is 48.8 Å². The monoisotopic (exact) mass is 368 g/mol. The maximum absolute atomic E-state index is 12.4. The Morgan fingerprint density at radius 1 is 1.30 bits per heavy atom. The van der Waals surface area contributed by atoms with Gasteiger partial charge in [-0.25, -0.2) is 4.79 Å². The second-order valence-corrected chi connectivity index (χ2v) is 6.63. The molecule has 2 aromatic rings. The van der Waals surface area contributed by atoms with E-state index in [0.29, 0.717) is 36.7 Å². The summed E-state index contributed by atoms with van der Waals surface area (Å²) in [4.78, 5) is 31.7. The normalized spacial score (nSPS) is 16.3. The van der Waals surface area contributed by atoms with E-state index in [1.54, 1.807) is 54.7 Å². The first-order valence-electron chi connectivity index (χ1n) is 9.03. The third-order valence-electron chi connectivity index (χ3n) is 4.53. The molecule has 142 valence electrons. The molecule has 1 fully saturated rings. The van der Waals surface area contributed by atoms with Crippen molar-refractivity contribution in [3.63, 3.8) is 0 Å². The summed E-state index contributed by atoms with van der Waals surface area (Å²) in [7, 11) is 1.74. The van der Waals surface area contributed by atoms with Gasteiger partial charge in [0.2, 0.25) is 5.91 Å². The smallest absolute Gasteiger partial charge is 0.321 e. The van der Waals surface area contributed by atoms with Gasteiger partial charge in [-0.1, -0.05) is 0 Å². The number of likely N-dealkylation sites (tertiary alicyclic amines) is 1. The molecule has 1 aromatic heterocycles. The van der Waals surface area contributed by atoms with E-state index in [-0.39, 0.29) is 17.9 Å². The molecule has 7 heteroatoms. The summed E-state index contributed by atoms with van der Waals surface area (Å²) in [6.07, 6.45) is 3.83. The number of ether oxygens (including phenoxy) is 1. The lowest BCUT2D eigenvalue weighted by atomic mass is 10.1. The molecule has 2 heterocycles. The molecule has 0 unspecified atom stereocenters. The van der Waals surface area contributed by atoms with Crippen molar-refractivity contribution < 1.29 is 14.3 Å². The van der Waals surface area contributed by atoms with Gasteiger partial charge in [-0.3, -0.25) is 9.78 Å². The van der Waals surface area contributed by atoms with Crippen LogP contribution >= 0.6 is 0 Å². The number of benzene rings is 1. The highest BCUT2D eigenvalue weighted by atomic mass is 16.5. The Morgan fingerprint density at radius 3 is 2.70 bits per heavy atom. The van der Waals surface area contributed by atoms with Gasteiger partial charge in [0.25, 0.3) is 0 Å². The van der Waals surface area contributed by atoms with Crippen molar-refractivity contribution in [1.82, 2.24) is 14.8 Å². The second-order valence-electron chi connectivity index (χ2n) is 6.63. The average molecular weight is 368 g/mol. The molecule has 1 aromatic carbocycles. The van der Waals surface area contributed by atoms with Crippen molar-refractivity contribution in [3.8, 4) is 11.5 Å². The van der Waals surface area contributed by atoms with Crippen LogP contribution in [-0.4, -0.2) is 53.4 Å². The molecule has 7 nitrogen and oxygen atoms in total. The molecule has 27 heavy (non-hydrogen) atoms. The van der Waals surface area contributed by atoms with Gasteiger partial charge in [-0.05, 0) is 43.3 Å². The summed E-state index contributed by atoms with van der Waals surface area (Å²) in [5.74, 6) is 1.67. The number of anilines is 1. The van der Waals surface area contributed by atoms with Crippen LogP contribution in [0.4, 0.5) is 10.5 Å². The molecule has 1 aliphatic heterocycles. The summed E-state index contributed by atoms with van der Waals surface area (Å²) in [5.41, 5.74) is 0.683. The molecule has 0 spiro atoms. The van der Waals surface area contributed by atoms with Crippen molar-refractivity contribution >= 4 is 17.6 Å². The number of hydrogen-bond donors (Lipinski definition) is 1. The molecule has 1 aliphatic rings. The highest BCUT2D eigenvalue weighted by Gasteiger charge is 2.29. The molecule has 0 aliphatic carbocycles. The lowest BCUT2D eigenvalue weighted by Crippen LogP contribution is -2.36. The lowest BCUT2D eigenvalue weighted by molar-refractivity contribution is -0.127. The van der Waals surface area contributed by atoms with Crippen LogP contribution in [0.25, 0.3) is 0 Å². The van der Waals surface area contributed by atoms with Crippen LogP contribution in [0.2, 0.25) is 0 Å². The number of urea groups is 1. The Kier molecular flexibility index (Phi) is 5.90. The fourth-order valence-electron chi connectivity index (χ4n) is 3.12. The number of hydrogen-bond acceptors (Lipinski definition) is 4. The van der Waals surface area contributed by atoms with Crippen LogP contribution in [-0.2, 0) is 4.79 Å². The Balaban J connectivity index is 1.50. The Hall–Kier alpha value is -3.09. The number of carbonyl (C=O) groups is 2. The van der Waals surface area contributed by atoms with Crippen molar-refractivity contribution in [1.29, 1.82) is 0 Å². The minimum absolute atomic E-state index is 0.167. The number of rotatable bonds is 6. The van der Waals surface area contributed by atoms with Gasteiger partial charge in [0.05, 0.1) is 6.20 Å². The minimum Gasteiger partial charge on any atom is -0.456 e. The van der Waals surface area contributed by atoms with Crippen molar-refractivity contribution in [2.75, 3.05) is 32.0 Å². The lowest BCUT2D eigenvalue weighted by Gasteiger charge is -2.21. The molecule has 1 N–H and O–H groups in total. The summed E-state index contributed by atoms with van der Waals surface area (Å²) in [5, 5.41) is 2.86. The zero-order valence-electron chi connectivity index (χ0n) is 15.6. The van der Waals surface area contributed by atoms with Crippen LogP contribution in [0.3, 0.4) is 0 Å². The van der Waals surface area contributed by atoms with Crippen LogP contribution in [0.5, 0.6) is 11.5 Å². The molecule has 0 bridgehead atoms. The average Bonchev–Trinajstić information content (AvgIpc) is 3.03. The van der Waals surface area contributed by atoms with Gasteiger partial charge < -0.3 is 19.9 Å². The van der Waals surface area contributed by atoms with Gasteiger partial charge in [-0.15, -0.1) is 0 Å². The fraction of sp³-hybridized carbons (Fsp3) is 0.350. The van der Waals surface area contributed by atoms with E-state index in [2.05, 4.69) is 10.3 Å². The van der Waals surface area contributed by atoms with E-state index in [9.17, 15) is 9.59 Å². The van der Waals surface area contributed by atoms with Gasteiger partial charge in [-0.2, -0.15) is 0 Å². The summed E-state index contributed by atoms with van der Waals surface area (Å²) in [6.45, 7) is 3.96. The van der Waals surface area contributed by atoms with E-state index in [4.69, 9.17) is 4.74 Å². The van der Waals surface area contributed by atoms with Gasteiger partial charge in [0.1, 0.15) is 11.5 Å². The Bertz CT molecular complexity index is 780. The third kappa shape index (κ3) is 4.97. The quantitative estimate of drug-likeness (QED) is 0.850. The summed E-state index contributed by atoms with van der Waals surface area (Å²) in [6, 6.07) is 10.6. The van der Waals surface area contributed by atoms with Crippen molar-refractivity contribution in [2.45, 2.75) is 13.3 Å². The zero-order chi connectivity index (χ0) is 19.2. The first-order valence-corrected chi connectivity index (χ1v) is 9.03. The first-order chi connectivity index (χ1) is 13.0. The van der Waals surface area contributed by atoms with Gasteiger partial charge in [0.15, 0.2) is 0 Å². The van der Waals surface area contributed by atoms with Gasteiger partial charge in [0, 0.05) is 50.9 Å². The van der Waals surface area contributed by atoms with Crippen LogP contribution in [0.1, 0.15) is 13.3 Å². The van der Waals surface area contributed by atoms with Crippen molar-refractivity contribution in [3.05, 3.63) is 48.8 Å². The number of carbonyl (C=O) groups excluding carboxylic acids is 2. The SMILES string of the molecule is CCN1C[C@@H](CN(C)C(=O)Nc2ccc(Oc3cccnc3)cc2)CC1=O. The number of aromatic nitrogens is 1. The van der Waals surface area contributed by atoms with Crippen LogP contribution in [0, 0.1) is 5.92 Å². The largest absolute Gasteiger partial charge is 0.456 e.